The van der Waals surface area contributed by atoms with E-state index in [1.807, 2.05) is 0 Å². The first-order chi connectivity index (χ1) is 18.1. The fourth-order valence-corrected chi connectivity index (χ4v) is 4.82. The van der Waals surface area contributed by atoms with Gasteiger partial charge < -0.3 is 5.11 Å². The van der Waals surface area contributed by atoms with E-state index in [0.717, 1.165) is 37.6 Å². The minimum atomic E-state index is -4.60. The summed E-state index contributed by atoms with van der Waals surface area (Å²) < 4.78 is 54.4. The van der Waals surface area contributed by atoms with Gasteiger partial charge in [-0.1, -0.05) is 48.4 Å². The number of aromatic amines is 1. The van der Waals surface area contributed by atoms with Gasteiger partial charge in [-0.2, -0.15) is 17.6 Å². The molecular weight excluding hydrogens is 522 g/mol. The number of nitrogens with one attached hydrogen (secondary N) is 1. The third-order valence-corrected chi connectivity index (χ3v) is 6.92. The number of benzene rings is 2. The molecule has 0 radical (unpaired) electrons. The van der Waals surface area contributed by atoms with Crippen LogP contribution in [0.2, 0.25) is 5.02 Å². The zero-order chi connectivity index (χ0) is 27.0. The maximum Gasteiger partial charge on any atom is 0.417 e. The third-order valence-electron chi connectivity index (χ3n) is 6.63. The van der Waals surface area contributed by atoms with E-state index in [1.165, 1.54) is 6.08 Å². The van der Waals surface area contributed by atoms with Crippen LogP contribution in [-0.2, 0) is 11.0 Å². The van der Waals surface area contributed by atoms with Gasteiger partial charge in [0.15, 0.2) is 0 Å². The summed E-state index contributed by atoms with van der Waals surface area (Å²) in [5.74, 6) is -1.78. The molecule has 0 saturated heterocycles. The van der Waals surface area contributed by atoms with Gasteiger partial charge in [0.25, 0.3) is 0 Å². The van der Waals surface area contributed by atoms with E-state index in [1.54, 1.807) is 42.5 Å². The molecule has 0 spiro atoms. The van der Waals surface area contributed by atoms with Crippen molar-refractivity contribution in [3.05, 3.63) is 99.7 Å². The van der Waals surface area contributed by atoms with Crippen LogP contribution in [-0.4, -0.2) is 26.3 Å². The first-order valence-corrected chi connectivity index (χ1v) is 12.1. The number of H-pyrrole nitrogens is 1. The SMILES string of the molecule is O=C(O)/C=C/c1ccc(/C(=C(\c2ncc(C(F)(F)F)cc2Cl)C2CCC2)c2ccc3[nH]nc(F)c3c2)cc1. The van der Waals surface area contributed by atoms with E-state index in [2.05, 4.69) is 15.2 Å². The van der Waals surface area contributed by atoms with E-state index in [4.69, 9.17) is 16.7 Å². The van der Waals surface area contributed by atoms with Crippen molar-refractivity contribution in [2.24, 2.45) is 5.92 Å². The number of carboxylic acid groups (broad SMARTS) is 1. The Morgan fingerprint density at radius 1 is 1.08 bits per heavy atom. The van der Waals surface area contributed by atoms with Crippen molar-refractivity contribution < 1.29 is 27.5 Å². The van der Waals surface area contributed by atoms with Crippen LogP contribution in [0.25, 0.3) is 28.1 Å². The first-order valence-electron chi connectivity index (χ1n) is 11.7. The molecule has 2 aromatic heterocycles. The van der Waals surface area contributed by atoms with Crippen molar-refractivity contribution in [1.82, 2.24) is 15.2 Å². The van der Waals surface area contributed by atoms with E-state index < -0.39 is 23.7 Å². The third kappa shape index (κ3) is 5.06. The second kappa shape index (κ2) is 10.1. The zero-order valence-electron chi connectivity index (χ0n) is 19.7. The molecule has 1 fully saturated rings. The summed E-state index contributed by atoms with van der Waals surface area (Å²) in [7, 11) is 0. The molecule has 0 bridgehead atoms. The van der Waals surface area contributed by atoms with Crippen LogP contribution >= 0.6 is 11.6 Å². The second-order valence-electron chi connectivity index (χ2n) is 9.04. The van der Waals surface area contributed by atoms with Crippen molar-refractivity contribution in [2.45, 2.75) is 25.4 Å². The van der Waals surface area contributed by atoms with E-state index in [-0.39, 0.29) is 22.0 Å². The number of aliphatic carboxylic acids is 1. The molecule has 194 valence electrons. The summed E-state index contributed by atoms with van der Waals surface area (Å²) in [5, 5.41) is 15.3. The lowest BCUT2D eigenvalue weighted by Gasteiger charge is -2.31. The minimum absolute atomic E-state index is 0.0248. The largest absolute Gasteiger partial charge is 0.478 e. The van der Waals surface area contributed by atoms with Gasteiger partial charge in [0.2, 0.25) is 5.95 Å². The molecule has 1 aliphatic rings. The van der Waals surface area contributed by atoms with Gasteiger partial charge in [0.1, 0.15) is 0 Å². The van der Waals surface area contributed by atoms with Gasteiger partial charge in [-0.05, 0) is 70.9 Å². The molecular formula is C28H20ClF4N3O2. The average Bonchev–Trinajstić information content (AvgIpc) is 3.21. The van der Waals surface area contributed by atoms with Gasteiger partial charge in [-0.25, -0.2) is 4.79 Å². The summed E-state index contributed by atoms with van der Waals surface area (Å²) in [6.07, 6.45) is 1.17. The maximum absolute atomic E-state index is 14.4. The molecule has 0 aliphatic heterocycles. The normalized spacial score (nSPS) is 15.1. The van der Waals surface area contributed by atoms with Gasteiger partial charge in [-0.15, -0.1) is 5.10 Å². The molecule has 4 aromatic rings. The second-order valence-corrected chi connectivity index (χ2v) is 9.44. The van der Waals surface area contributed by atoms with Crippen molar-refractivity contribution in [3.8, 4) is 0 Å². The number of hydrogen-bond donors (Lipinski definition) is 2. The van der Waals surface area contributed by atoms with Crippen LogP contribution in [0.4, 0.5) is 17.6 Å². The number of fused-ring (bicyclic) bond motifs is 1. The number of carboxylic acids is 1. The lowest BCUT2D eigenvalue weighted by molar-refractivity contribution is -0.138. The quantitative estimate of drug-likeness (QED) is 0.194. The standard InChI is InChI=1S/C28H20ClF4N3O2/c29-21-13-19(28(31,32)33)14-34-26(21)25(16-2-1-3-16)24(17-7-4-15(5-8-17)6-11-23(37)38)18-9-10-22-20(12-18)27(30)36-35-22/h4-14,16H,1-3H2,(H,35,36)(H,37,38)/b11-6+,25-24+. The molecule has 1 saturated carbocycles. The number of aromatic nitrogens is 3. The Morgan fingerprint density at radius 3 is 2.39 bits per heavy atom. The molecule has 5 rings (SSSR count). The highest BCUT2D eigenvalue weighted by Crippen LogP contribution is 2.47. The topological polar surface area (TPSA) is 78.9 Å². The fraction of sp³-hybridized carbons (Fsp3) is 0.179. The number of allylic oxidation sites excluding steroid dienone is 1. The van der Waals surface area contributed by atoms with Crippen LogP contribution in [0, 0.1) is 11.9 Å². The molecule has 0 atom stereocenters. The Hall–Kier alpha value is -3.98. The number of pyridine rings is 1. The minimum Gasteiger partial charge on any atom is -0.478 e. The number of carbonyl (C=O) groups is 1. The lowest BCUT2D eigenvalue weighted by Crippen LogP contribution is -2.17. The predicted octanol–water partition coefficient (Wildman–Crippen LogP) is 7.63. The summed E-state index contributed by atoms with van der Waals surface area (Å²) in [5.41, 5.74) is 3.07. The Morgan fingerprint density at radius 2 is 1.79 bits per heavy atom. The monoisotopic (exact) mass is 541 g/mol. The predicted molar refractivity (Wildman–Crippen MR) is 137 cm³/mol. The zero-order valence-corrected chi connectivity index (χ0v) is 20.4. The van der Waals surface area contributed by atoms with Gasteiger partial charge >= 0.3 is 12.1 Å². The summed E-state index contributed by atoms with van der Waals surface area (Å²) >= 11 is 6.44. The van der Waals surface area contributed by atoms with Crippen molar-refractivity contribution in [2.75, 3.05) is 0 Å². The van der Waals surface area contributed by atoms with Crippen molar-refractivity contribution in [1.29, 1.82) is 0 Å². The molecule has 2 aromatic carbocycles. The number of halogens is 5. The van der Waals surface area contributed by atoms with E-state index in [9.17, 15) is 22.4 Å². The number of rotatable bonds is 6. The highest BCUT2D eigenvalue weighted by molar-refractivity contribution is 6.32. The first kappa shape index (κ1) is 25.7. The van der Waals surface area contributed by atoms with Crippen LogP contribution in [0.5, 0.6) is 0 Å². The molecule has 5 nitrogen and oxygen atoms in total. The van der Waals surface area contributed by atoms with E-state index in [0.29, 0.717) is 33.4 Å². The molecule has 2 heterocycles. The number of nitrogens with zero attached hydrogens (tertiary/aromatic N) is 2. The average molecular weight is 542 g/mol. The Balaban J connectivity index is 1.76. The van der Waals surface area contributed by atoms with Crippen LogP contribution in [0.3, 0.4) is 0 Å². The van der Waals surface area contributed by atoms with E-state index >= 15 is 0 Å². The highest BCUT2D eigenvalue weighted by atomic mass is 35.5. The van der Waals surface area contributed by atoms with Crippen LogP contribution in [0.15, 0.2) is 60.8 Å². The Kier molecular flexibility index (Phi) is 6.79. The molecule has 10 heteroatoms. The van der Waals surface area contributed by atoms with Gasteiger partial charge in [0, 0.05) is 12.3 Å². The maximum atomic E-state index is 14.4. The number of hydrogen-bond acceptors (Lipinski definition) is 3. The summed E-state index contributed by atoms with van der Waals surface area (Å²) in [4.78, 5) is 15.1. The lowest BCUT2D eigenvalue weighted by atomic mass is 9.74. The molecule has 0 amide bonds. The van der Waals surface area contributed by atoms with Crippen LogP contribution in [0.1, 0.15) is 47.2 Å². The summed E-state index contributed by atoms with van der Waals surface area (Å²) in [6, 6.07) is 13.0. The molecule has 1 aliphatic carbocycles. The summed E-state index contributed by atoms with van der Waals surface area (Å²) in [6.45, 7) is 0. The smallest absolute Gasteiger partial charge is 0.417 e. The van der Waals surface area contributed by atoms with Gasteiger partial charge in [0.05, 0.1) is 27.2 Å². The molecule has 38 heavy (non-hydrogen) atoms. The molecule has 0 unspecified atom stereocenters. The van der Waals surface area contributed by atoms with Gasteiger partial charge in [-0.3, -0.25) is 10.1 Å². The fourth-order valence-electron chi connectivity index (χ4n) is 4.55. The van der Waals surface area contributed by atoms with Crippen molar-refractivity contribution in [3.63, 3.8) is 0 Å². The number of alkyl halides is 3. The van der Waals surface area contributed by atoms with Crippen LogP contribution < -0.4 is 0 Å². The molecule has 2 N–H and O–H groups in total. The Labute approximate surface area is 219 Å². The highest BCUT2D eigenvalue weighted by Gasteiger charge is 2.34. The Bertz CT molecular complexity index is 1590. The van der Waals surface area contributed by atoms with Crippen molar-refractivity contribution >= 4 is 45.7 Å².